The maximum Gasteiger partial charge on any atom is 0.259 e. The van der Waals surface area contributed by atoms with E-state index < -0.39 is 0 Å². The van der Waals surface area contributed by atoms with Crippen LogP contribution in [0.2, 0.25) is 5.02 Å². The minimum absolute atomic E-state index is 0.0186. The van der Waals surface area contributed by atoms with Crippen molar-refractivity contribution in [3.05, 3.63) is 61.5 Å². The molecular weight excluding hydrogens is 438 g/mol. The Hall–Kier alpha value is -1.83. The van der Waals surface area contributed by atoms with Gasteiger partial charge in [0.1, 0.15) is 10.7 Å². The number of halogens is 1. The van der Waals surface area contributed by atoms with E-state index in [0.717, 1.165) is 41.5 Å². The summed E-state index contributed by atoms with van der Waals surface area (Å²) in [5.74, 6) is 2.03. The van der Waals surface area contributed by atoms with Crippen LogP contribution in [0.4, 0.5) is 0 Å². The Labute approximate surface area is 188 Å². The molecule has 4 rings (SSSR count). The number of rotatable bonds is 8. The molecule has 0 saturated carbocycles. The van der Waals surface area contributed by atoms with Gasteiger partial charge in [0.05, 0.1) is 11.1 Å². The Balaban J connectivity index is 1.22. The van der Waals surface area contributed by atoms with Gasteiger partial charge in [-0.2, -0.15) is 11.8 Å². The summed E-state index contributed by atoms with van der Waals surface area (Å²) in [5.41, 5.74) is 2.34. The number of amides is 1. The van der Waals surface area contributed by atoms with E-state index in [4.69, 9.17) is 11.6 Å². The summed E-state index contributed by atoms with van der Waals surface area (Å²) in [7, 11) is 0. The molecule has 0 atom stereocenters. The van der Waals surface area contributed by atoms with Crippen LogP contribution in [0.25, 0.3) is 10.2 Å². The fraction of sp³-hybridized carbons (Fsp3) is 0.409. The lowest BCUT2D eigenvalue weighted by Gasteiger charge is -2.09. The molecule has 158 valence electrons. The number of fused-ring (bicyclic) bond motifs is 3. The average Bonchev–Trinajstić information content (AvgIpc) is 3.11. The second kappa shape index (κ2) is 9.98. The molecule has 1 aromatic carbocycles. The van der Waals surface area contributed by atoms with Crippen LogP contribution in [0.1, 0.15) is 41.1 Å². The number of benzene rings is 1. The van der Waals surface area contributed by atoms with Gasteiger partial charge in [0.2, 0.25) is 5.91 Å². The predicted molar refractivity (Wildman–Crippen MR) is 126 cm³/mol. The fourth-order valence-corrected chi connectivity index (χ4v) is 5.91. The van der Waals surface area contributed by atoms with Crippen molar-refractivity contribution in [2.75, 3.05) is 12.3 Å². The van der Waals surface area contributed by atoms with Crippen molar-refractivity contribution in [2.24, 2.45) is 0 Å². The summed E-state index contributed by atoms with van der Waals surface area (Å²) < 4.78 is 0. The summed E-state index contributed by atoms with van der Waals surface area (Å²) in [6.45, 7) is 0.611. The number of hydrogen-bond donors (Lipinski definition) is 2. The summed E-state index contributed by atoms with van der Waals surface area (Å²) in [4.78, 5) is 34.4. The van der Waals surface area contributed by atoms with Crippen LogP contribution in [0.3, 0.4) is 0 Å². The lowest BCUT2D eigenvalue weighted by molar-refractivity contribution is -0.120. The van der Waals surface area contributed by atoms with Crippen molar-refractivity contribution in [1.29, 1.82) is 0 Å². The predicted octanol–water partition coefficient (Wildman–Crippen LogP) is 4.50. The first-order chi connectivity index (χ1) is 14.6. The molecule has 0 spiro atoms. The molecule has 0 saturated heterocycles. The molecule has 3 aromatic rings. The van der Waals surface area contributed by atoms with E-state index in [9.17, 15) is 9.59 Å². The first-order valence-corrected chi connectivity index (χ1v) is 12.6. The quantitative estimate of drug-likeness (QED) is 0.484. The number of carbonyl (C=O) groups is 1. The molecule has 0 aliphatic heterocycles. The number of hydrogen-bond acceptors (Lipinski definition) is 5. The number of thioether (sulfide) groups is 1. The Bertz CT molecular complexity index is 1090. The molecule has 30 heavy (non-hydrogen) atoms. The van der Waals surface area contributed by atoms with E-state index in [1.165, 1.54) is 16.9 Å². The van der Waals surface area contributed by atoms with Crippen molar-refractivity contribution in [3.8, 4) is 0 Å². The number of aromatic nitrogens is 2. The minimum atomic E-state index is -0.0186. The molecule has 1 aliphatic rings. The van der Waals surface area contributed by atoms with Gasteiger partial charge in [0, 0.05) is 28.6 Å². The maximum atomic E-state index is 12.6. The second-order valence-electron chi connectivity index (χ2n) is 7.43. The van der Waals surface area contributed by atoms with Crippen LogP contribution in [-0.4, -0.2) is 28.2 Å². The van der Waals surface area contributed by atoms with Crippen molar-refractivity contribution >= 4 is 50.8 Å². The molecule has 0 unspecified atom stereocenters. The third kappa shape index (κ3) is 5.25. The van der Waals surface area contributed by atoms with Gasteiger partial charge in [-0.15, -0.1) is 11.3 Å². The number of nitrogens with one attached hydrogen (secondary N) is 2. The highest BCUT2D eigenvalue weighted by molar-refractivity contribution is 7.98. The van der Waals surface area contributed by atoms with Crippen LogP contribution < -0.4 is 10.9 Å². The first-order valence-electron chi connectivity index (χ1n) is 10.2. The number of H-pyrrole nitrogens is 1. The smallest absolute Gasteiger partial charge is 0.259 e. The third-order valence-corrected chi connectivity index (χ3v) is 7.64. The van der Waals surface area contributed by atoms with E-state index in [1.54, 1.807) is 23.1 Å². The van der Waals surface area contributed by atoms with Crippen molar-refractivity contribution in [3.63, 3.8) is 0 Å². The van der Waals surface area contributed by atoms with Gasteiger partial charge in [-0.3, -0.25) is 9.59 Å². The molecule has 2 N–H and O–H groups in total. The van der Waals surface area contributed by atoms with Crippen molar-refractivity contribution in [1.82, 2.24) is 15.3 Å². The van der Waals surface area contributed by atoms with Gasteiger partial charge >= 0.3 is 0 Å². The normalized spacial score (nSPS) is 13.4. The molecule has 0 bridgehead atoms. The average molecular weight is 462 g/mol. The van der Waals surface area contributed by atoms with E-state index in [1.807, 2.05) is 24.3 Å². The van der Waals surface area contributed by atoms with Crippen molar-refractivity contribution < 1.29 is 4.79 Å². The standard InChI is InChI=1S/C22H24ClN3O2S2/c23-15-7-5-14(6-8-15)9-11-24-19(27)10-12-29-13-18-25-21(28)20-16-3-1-2-4-17(16)30-22(20)26-18/h5-8H,1-4,9-13H2,(H,24,27)(H,25,26,28). The van der Waals surface area contributed by atoms with Crippen LogP contribution in [0.15, 0.2) is 29.1 Å². The van der Waals surface area contributed by atoms with E-state index in [-0.39, 0.29) is 11.5 Å². The molecule has 8 heteroatoms. The number of thiophene rings is 1. The zero-order chi connectivity index (χ0) is 20.9. The Morgan fingerprint density at radius 3 is 2.87 bits per heavy atom. The Morgan fingerprint density at radius 2 is 2.03 bits per heavy atom. The Kier molecular flexibility index (Phi) is 7.12. The van der Waals surface area contributed by atoms with Crippen LogP contribution in [0.5, 0.6) is 0 Å². The van der Waals surface area contributed by atoms with Crippen LogP contribution >= 0.6 is 34.7 Å². The summed E-state index contributed by atoms with van der Waals surface area (Å²) in [5, 5.41) is 4.46. The highest BCUT2D eigenvalue weighted by atomic mass is 35.5. The number of aryl methyl sites for hydroxylation is 2. The monoisotopic (exact) mass is 461 g/mol. The van der Waals surface area contributed by atoms with Crippen molar-refractivity contribution in [2.45, 2.75) is 44.3 Å². The zero-order valence-corrected chi connectivity index (χ0v) is 19.0. The maximum absolute atomic E-state index is 12.6. The van der Waals surface area contributed by atoms with E-state index in [2.05, 4.69) is 15.3 Å². The van der Waals surface area contributed by atoms with Gasteiger partial charge < -0.3 is 10.3 Å². The molecule has 0 fully saturated rings. The SMILES string of the molecule is O=C(CCSCc1nc2sc3c(c2c(=O)[nH]1)CCCC3)NCCc1ccc(Cl)cc1. The first kappa shape index (κ1) is 21.4. The highest BCUT2D eigenvalue weighted by Gasteiger charge is 2.19. The lowest BCUT2D eigenvalue weighted by Crippen LogP contribution is -2.25. The Morgan fingerprint density at radius 1 is 1.23 bits per heavy atom. The number of carbonyl (C=O) groups excluding carboxylic acids is 1. The summed E-state index contributed by atoms with van der Waals surface area (Å²) >= 11 is 9.16. The number of aromatic amines is 1. The molecular formula is C22H24ClN3O2S2. The molecule has 1 amide bonds. The van der Waals surface area contributed by atoms with Gasteiger partial charge in [-0.05, 0) is 55.4 Å². The van der Waals surface area contributed by atoms with Gasteiger partial charge in [-0.1, -0.05) is 23.7 Å². The molecule has 2 heterocycles. The van der Waals surface area contributed by atoms with Crippen LogP contribution in [-0.2, 0) is 29.8 Å². The summed E-state index contributed by atoms with van der Waals surface area (Å²) in [6.07, 6.45) is 5.63. The second-order valence-corrected chi connectivity index (χ2v) is 10.1. The molecule has 2 aromatic heterocycles. The largest absolute Gasteiger partial charge is 0.356 e. The topological polar surface area (TPSA) is 74.8 Å². The minimum Gasteiger partial charge on any atom is -0.356 e. The lowest BCUT2D eigenvalue weighted by atomic mass is 9.97. The summed E-state index contributed by atoms with van der Waals surface area (Å²) in [6, 6.07) is 7.66. The van der Waals surface area contributed by atoms with Crippen LogP contribution in [0, 0.1) is 0 Å². The molecule has 0 radical (unpaired) electrons. The molecule has 5 nitrogen and oxygen atoms in total. The molecule has 1 aliphatic carbocycles. The zero-order valence-electron chi connectivity index (χ0n) is 16.6. The van der Waals surface area contributed by atoms with E-state index >= 15 is 0 Å². The van der Waals surface area contributed by atoms with Gasteiger partial charge in [0.15, 0.2) is 0 Å². The van der Waals surface area contributed by atoms with E-state index in [0.29, 0.717) is 35.3 Å². The highest BCUT2D eigenvalue weighted by Crippen LogP contribution is 2.33. The fourth-order valence-electron chi connectivity index (χ4n) is 3.70. The number of nitrogens with zero attached hydrogens (tertiary/aromatic N) is 1. The third-order valence-electron chi connectivity index (χ3n) is 5.24. The van der Waals surface area contributed by atoms with Gasteiger partial charge in [-0.25, -0.2) is 4.98 Å². The van der Waals surface area contributed by atoms with Gasteiger partial charge in [0.25, 0.3) is 5.56 Å².